The van der Waals surface area contributed by atoms with Gasteiger partial charge in [-0.3, -0.25) is 4.79 Å². The minimum Gasteiger partial charge on any atom is -0.353 e. The van der Waals surface area contributed by atoms with Crippen molar-refractivity contribution in [1.29, 1.82) is 0 Å². The van der Waals surface area contributed by atoms with Gasteiger partial charge in [-0.05, 0) is 38.1 Å². The lowest BCUT2D eigenvalue weighted by Gasteiger charge is -2.26. The number of hydrogen-bond donors (Lipinski definition) is 2. The van der Waals surface area contributed by atoms with Crippen LogP contribution in [0.5, 0.6) is 0 Å². The van der Waals surface area contributed by atoms with Crippen LogP contribution in [0.25, 0.3) is 0 Å². The zero-order valence-corrected chi connectivity index (χ0v) is 8.38. The molecule has 3 N–H and O–H groups in total. The molecular formula is C10H20N2O. The van der Waals surface area contributed by atoms with Gasteiger partial charge in [-0.2, -0.15) is 0 Å². The average molecular weight is 184 g/mol. The number of nitrogens with one attached hydrogen (secondary N) is 1. The van der Waals surface area contributed by atoms with Crippen molar-refractivity contribution in [3.63, 3.8) is 0 Å². The molecular weight excluding hydrogens is 164 g/mol. The summed E-state index contributed by atoms with van der Waals surface area (Å²) in [6.45, 7) is 2.76. The quantitative estimate of drug-likeness (QED) is 0.670. The van der Waals surface area contributed by atoms with Gasteiger partial charge in [0.05, 0.1) is 0 Å². The predicted molar refractivity (Wildman–Crippen MR) is 53.2 cm³/mol. The van der Waals surface area contributed by atoms with Gasteiger partial charge in [-0.1, -0.05) is 6.92 Å². The molecule has 0 heterocycles. The highest BCUT2D eigenvalue weighted by atomic mass is 16.1. The molecule has 0 saturated heterocycles. The Labute approximate surface area is 80.1 Å². The van der Waals surface area contributed by atoms with Crippen LogP contribution in [0.4, 0.5) is 0 Å². The molecule has 1 saturated carbocycles. The molecule has 76 valence electrons. The molecule has 13 heavy (non-hydrogen) atoms. The van der Waals surface area contributed by atoms with Crippen LogP contribution >= 0.6 is 0 Å². The molecule has 1 fully saturated rings. The van der Waals surface area contributed by atoms with Crippen molar-refractivity contribution < 1.29 is 4.79 Å². The molecule has 0 radical (unpaired) electrons. The maximum Gasteiger partial charge on any atom is 0.220 e. The van der Waals surface area contributed by atoms with Crippen molar-refractivity contribution in [2.75, 3.05) is 6.54 Å². The van der Waals surface area contributed by atoms with Gasteiger partial charge in [-0.25, -0.2) is 0 Å². The predicted octanol–water partition coefficient (Wildman–Crippen LogP) is 1.03. The molecule has 0 aromatic carbocycles. The highest BCUT2D eigenvalue weighted by molar-refractivity contribution is 5.76. The molecule has 1 aliphatic rings. The summed E-state index contributed by atoms with van der Waals surface area (Å²) in [7, 11) is 0. The lowest BCUT2D eigenvalue weighted by Crippen LogP contribution is -2.39. The maximum atomic E-state index is 11.3. The second-order valence-electron chi connectivity index (χ2n) is 4.07. The van der Waals surface area contributed by atoms with Gasteiger partial charge in [0.25, 0.3) is 0 Å². The van der Waals surface area contributed by atoms with Crippen LogP contribution in [0.15, 0.2) is 0 Å². The summed E-state index contributed by atoms with van der Waals surface area (Å²) in [5, 5.41) is 3.02. The molecule has 0 bridgehead atoms. The van der Waals surface area contributed by atoms with Gasteiger partial charge in [0, 0.05) is 12.5 Å². The third kappa shape index (κ3) is 3.77. The monoisotopic (exact) mass is 184 g/mol. The smallest absolute Gasteiger partial charge is 0.220 e. The first-order valence-electron chi connectivity index (χ1n) is 5.21. The molecule has 0 spiro atoms. The Hall–Kier alpha value is -0.570. The SMILES string of the molecule is CC(CN)CCC(=O)NC1CCC1. The summed E-state index contributed by atoms with van der Waals surface area (Å²) in [5.41, 5.74) is 5.47. The molecule has 1 aliphatic carbocycles. The van der Waals surface area contributed by atoms with Gasteiger partial charge in [0.1, 0.15) is 0 Å². The fraction of sp³-hybridized carbons (Fsp3) is 0.900. The first-order valence-corrected chi connectivity index (χ1v) is 5.21. The Kier molecular flexibility index (Phi) is 4.22. The second kappa shape index (κ2) is 5.22. The average Bonchev–Trinajstić information content (AvgIpc) is 2.07. The topological polar surface area (TPSA) is 55.1 Å². The lowest BCUT2D eigenvalue weighted by atomic mass is 9.93. The molecule has 1 unspecified atom stereocenters. The zero-order chi connectivity index (χ0) is 9.68. The van der Waals surface area contributed by atoms with E-state index in [2.05, 4.69) is 12.2 Å². The van der Waals surface area contributed by atoms with Crippen molar-refractivity contribution in [2.45, 2.75) is 45.1 Å². The standard InChI is InChI=1S/C10H20N2O/c1-8(7-11)5-6-10(13)12-9-3-2-4-9/h8-9H,2-7,11H2,1H3,(H,12,13). The van der Waals surface area contributed by atoms with Gasteiger partial charge in [0.15, 0.2) is 0 Å². The van der Waals surface area contributed by atoms with Gasteiger partial charge in [-0.15, -0.1) is 0 Å². The molecule has 1 amide bonds. The molecule has 0 aromatic rings. The van der Waals surface area contributed by atoms with E-state index in [1.54, 1.807) is 0 Å². The Bertz CT molecular complexity index is 166. The van der Waals surface area contributed by atoms with Gasteiger partial charge < -0.3 is 11.1 Å². The Morgan fingerprint density at radius 3 is 2.77 bits per heavy atom. The van der Waals surface area contributed by atoms with Gasteiger partial charge in [0.2, 0.25) is 5.91 Å². The van der Waals surface area contributed by atoms with Crippen molar-refractivity contribution in [2.24, 2.45) is 11.7 Å². The van der Waals surface area contributed by atoms with Crippen molar-refractivity contribution >= 4 is 5.91 Å². The highest BCUT2D eigenvalue weighted by Crippen LogP contribution is 2.18. The minimum atomic E-state index is 0.199. The van der Waals surface area contributed by atoms with E-state index in [4.69, 9.17) is 5.73 Å². The first-order chi connectivity index (χ1) is 6.22. The van der Waals surface area contributed by atoms with E-state index in [0.29, 0.717) is 24.9 Å². The van der Waals surface area contributed by atoms with Crippen LogP contribution in [0.3, 0.4) is 0 Å². The maximum absolute atomic E-state index is 11.3. The molecule has 1 rings (SSSR count). The fourth-order valence-corrected chi connectivity index (χ4v) is 1.35. The van der Waals surface area contributed by atoms with E-state index >= 15 is 0 Å². The number of amides is 1. The van der Waals surface area contributed by atoms with E-state index in [9.17, 15) is 4.79 Å². The van der Waals surface area contributed by atoms with Crippen molar-refractivity contribution in [3.8, 4) is 0 Å². The van der Waals surface area contributed by atoms with E-state index in [1.165, 1.54) is 6.42 Å². The van der Waals surface area contributed by atoms with Crippen LogP contribution in [0.1, 0.15) is 39.0 Å². The second-order valence-corrected chi connectivity index (χ2v) is 4.07. The van der Waals surface area contributed by atoms with Gasteiger partial charge >= 0.3 is 0 Å². The third-order valence-electron chi connectivity index (χ3n) is 2.74. The number of carbonyl (C=O) groups is 1. The number of rotatable bonds is 5. The largest absolute Gasteiger partial charge is 0.353 e. The molecule has 1 atom stereocenters. The number of carbonyl (C=O) groups excluding carboxylic acids is 1. The molecule has 3 nitrogen and oxygen atoms in total. The summed E-state index contributed by atoms with van der Waals surface area (Å²) in [6, 6.07) is 0.473. The number of hydrogen-bond acceptors (Lipinski definition) is 2. The Morgan fingerprint density at radius 2 is 2.31 bits per heavy atom. The van der Waals surface area contributed by atoms with Crippen LogP contribution < -0.4 is 11.1 Å². The summed E-state index contributed by atoms with van der Waals surface area (Å²) in [5.74, 6) is 0.664. The summed E-state index contributed by atoms with van der Waals surface area (Å²) >= 11 is 0. The third-order valence-corrected chi connectivity index (χ3v) is 2.74. The normalized spacial score (nSPS) is 19.2. The fourth-order valence-electron chi connectivity index (χ4n) is 1.35. The molecule has 0 aliphatic heterocycles. The Morgan fingerprint density at radius 1 is 1.62 bits per heavy atom. The van der Waals surface area contributed by atoms with Crippen molar-refractivity contribution in [1.82, 2.24) is 5.32 Å². The van der Waals surface area contributed by atoms with Crippen LogP contribution in [-0.4, -0.2) is 18.5 Å². The summed E-state index contributed by atoms with van der Waals surface area (Å²) < 4.78 is 0. The lowest BCUT2D eigenvalue weighted by molar-refractivity contribution is -0.122. The Balaban J connectivity index is 2.03. The molecule has 0 aromatic heterocycles. The molecule has 3 heteroatoms. The van der Waals surface area contributed by atoms with Crippen LogP contribution in [0.2, 0.25) is 0 Å². The van der Waals surface area contributed by atoms with E-state index in [-0.39, 0.29) is 5.91 Å². The first kappa shape index (κ1) is 10.5. The van der Waals surface area contributed by atoms with Crippen molar-refractivity contribution in [3.05, 3.63) is 0 Å². The number of nitrogens with two attached hydrogens (primary N) is 1. The van der Waals surface area contributed by atoms with E-state index < -0.39 is 0 Å². The minimum absolute atomic E-state index is 0.199. The van der Waals surface area contributed by atoms with E-state index in [1.807, 2.05) is 0 Å². The zero-order valence-electron chi connectivity index (χ0n) is 8.38. The van der Waals surface area contributed by atoms with E-state index in [0.717, 1.165) is 19.3 Å². The summed E-state index contributed by atoms with van der Waals surface area (Å²) in [4.78, 5) is 11.3. The van der Waals surface area contributed by atoms with Crippen LogP contribution in [0, 0.1) is 5.92 Å². The van der Waals surface area contributed by atoms with Crippen LogP contribution in [-0.2, 0) is 4.79 Å². The highest BCUT2D eigenvalue weighted by Gasteiger charge is 2.19. The summed E-state index contributed by atoms with van der Waals surface area (Å²) in [6.07, 6.45) is 5.14.